The summed E-state index contributed by atoms with van der Waals surface area (Å²) in [5, 5.41) is 28.8. The highest BCUT2D eigenvalue weighted by Crippen LogP contribution is 2.23. The van der Waals surface area contributed by atoms with Crippen LogP contribution in [0.4, 0.5) is 11.4 Å². The molecule has 0 saturated heterocycles. The first kappa shape index (κ1) is 29.4. The number of ether oxygens (including phenoxy) is 1. The van der Waals surface area contributed by atoms with Gasteiger partial charge in [0, 0.05) is 30.6 Å². The van der Waals surface area contributed by atoms with Crippen molar-refractivity contribution in [2.45, 2.75) is 18.7 Å². The van der Waals surface area contributed by atoms with E-state index in [1.807, 2.05) is 30.3 Å². The van der Waals surface area contributed by atoms with Crippen LogP contribution in [0.5, 0.6) is 5.75 Å². The minimum Gasteiger partial charge on any atom is -0.427 e. The number of benzene rings is 3. The van der Waals surface area contributed by atoms with Gasteiger partial charge in [0.2, 0.25) is 0 Å². The predicted molar refractivity (Wildman–Crippen MR) is 147 cm³/mol. The van der Waals surface area contributed by atoms with Crippen LogP contribution in [0.1, 0.15) is 28.4 Å². The molecule has 0 saturated carbocycles. The highest BCUT2D eigenvalue weighted by Gasteiger charge is 2.25. The normalized spacial score (nSPS) is 11.4. The summed E-state index contributed by atoms with van der Waals surface area (Å²) < 4.78 is 4.96. The third kappa shape index (κ3) is 9.02. The number of esters is 1. The van der Waals surface area contributed by atoms with E-state index in [1.165, 1.54) is 24.9 Å². The van der Waals surface area contributed by atoms with Crippen molar-refractivity contribution in [3.05, 3.63) is 110 Å². The second kappa shape index (κ2) is 14.2. The lowest BCUT2D eigenvalue weighted by molar-refractivity contribution is -0.394. The molecule has 206 valence electrons. The molecule has 3 rings (SSSR count). The van der Waals surface area contributed by atoms with Crippen LogP contribution < -0.4 is 15.5 Å². The van der Waals surface area contributed by atoms with Gasteiger partial charge in [0.15, 0.2) is 0 Å². The van der Waals surface area contributed by atoms with Gasteiger partial charge in [0.25, 0.3) is 23.2 Å². The zero-order chi connectivity index (χ0) is 29.1. The third-order valence-corrected chi connectivity index (χ3v) is 6.24. The molecule has 0 aliphatic heterocycles. The highest BCUT2D eigenvalue weighted by molar-refractivity contribution is 7.98. The number of nitrogens with zero attached hydrogens (tertiary/aromatic N) is 3. The van der Waals surface area contributed by atoms with Crippen molar-refractivity contribution in [3.8, 4) is 5.75 Å². The van der Waals surface area contributed by atoms with E-state index in [0.29, 0.717) is 17.1 Å². The Morgan fingerprint density at radius 3 is 2.17 bits per heavy atom. The Morgan fingerprint density at radius 1 is 0.975 bits per heavy atom. The van der Waals surface area contributed by atoms with Crippen molar-refractivity contribution < 1.29 is 29.0 Å². The molecule has 1 unspecified atom stereocenters. The molecule has 0 heterocycles. The van der Waals surface area contributed by atoms with Crippen LogP contribution >= 0.6 is 11.8 Å². The average molecular weight is 566 g/mol. The predicted octanol–water partition coefficient (Wildman–Crippen LogP) is 3.61. The standard InChI is InChI=1S/C26H23N5O8S/c1-17(32)39-23-9-7-18(8-10-23)14-27-29-26(34)24(16-40-15-19-5-3-2-4-6-19)28-25(33)20-11-21(30(35)36)13-22(12-20)31(37)38/h2-14,24H,15-16H2,1H3,(H,28,33)(H,29,34). The van der Waals surface area contributed by atoms with Crippen LogP contribution in [0.3, 0.4) is 0 Å². The molecule has 14 heteroatoms. The Hall–Kier alpha value is -5.11. The van der Waals surface area contributed by atoms with Gasteiger partial charge >= 0.3 is 5.97 Å². The van der Waals surface area contributed by atoms with Crippen molar-refractivity contribution in [1.82, 2.24) is 10.7 Å². The zero-order valence-electron chi connectivity index (χ0n) is 21.0. The summed E-state index contributed by atoms with van der Waals surface area (Å²) in [4.78, 5) is 57.6. The summed E-state index contributed by atoms with van der Waals surface area (Å²) in [5.41, 5.74) is 2.30. The second-order valence-electron chi connectivity index (χ2n) is 8.18. The van der Waals surface area contributed by atoms with Gasteiger partial charge in [-0.25, -0.2) is 5.43 Å². The van der Waals surface area contributed by atoms with E-state index in [9.17, 15) is 34.6 Å². The summed E-state index contributed by atoms with van der Waals surface area (Å²) in [6.45, 7) is 1.28. The number of hydrazone groups is 1. The monoisotopic (exact) mass is 565 g/mol. The van der Waals surface area contributed by atoms with Crippen molar-refractivity contribution in [3.63, 3.8) is 0 Å². The quantitative estimate of drug-likeness (QED) is 0.109. The highest BCUT2D eigenvalue weighted by atomic mass is 32.2. The molecule has 3 aromatic carbocycles. The van der Waals surface area contributed by atoms with Gasteiger partial charge in [-0.3, -0.25) is 34.6 Å². The van der Waals surface area contributed by atoms with Crippen molar-refractivity contribution in [1.29, 1.82) is 0 Å². The molecule has 0 aromatic heterocycles. The van der Waals surface area contributed by atoms with Crippen molar-refractivity contribution >= 4 is 47.1 Å². The first-order valence-electron chi connectivity index (χ1n) is 11.6. The summed E-state index contributed by atoms with van der Waals surface area (Å²) >= 11 is 1.35. The number of thioether (sulfide) groups is 1. The molecule has 0 aliphatic rings. The van der Waals surface area contributed by atoms with Gasteiger partial charge in [0.1, 0.15) is 11.8 Å². The van der Waals surface area contributed by atoms with Crippen molar-refractivity contribution in [2.75, 3.05) is 5.75 Å². The number of hydrogen-bond donors (Lipinski definition) is 2. The maximum atomic E-state index is 12.9. The number of amides is 2. The van der Waals surface area contributed by atoms with Gasteiger partial charge in [0.05, 0.1) is 27.7 Å². The molecule has 13 nitrogen and oxygen atoms in total. The SMILES string of the molecule is CC(=O)Oc1ccc(C=NNC(=O)C(CSCc2ccccc2)NC(=O)c2cc([N+](=O)[O-])cc([N+](=O)[O-])c2)cc1. The number of rotatable bonds is 12. The molecule has 0 bridgehead atoms. The number of carbonyl (C=O) groups excluding carboxylic acids is 3. The zero-order valence-corrected chi connectivity index (χ0v) is 21.8. The first-order valence-corrected chi connectivity index (χ1v) is 12.8. The summed E-state index contributed by atoms with van der Waals surface area (Å²) in [6, 6.07) is 17.1. The number of carbonyl (C=O) groups is 3. The lowest BCUT2D eigenvalue weighted by atomic mass is 10.1. The fourth-order valence-corrected chi connectivity index (χ4v) is 4.28. The van der Waals surface area contributed by atoms with E-state index >= 15 is 0 Å². The summed E-state index contributed by atoms with van der Waals surface area (Å²) in [7, 11) is 0. The number of nitro benzene ring substituents is 2. The van der Waals surface area contributed by atoms with Crippen LogP contribution in [0, 0.1) is 20.2 Å². The summed E-state index contributed by atoms with van der Waals surface area (Å²) in [5.74, 6) is -1.07. The van der Waals surface area contributed by atoms with Gasteiger partial charge < -0.3 is 10.1 Å². The van der Waals surface area contributed by atoms with Gasteiger partial charge in [-0.05, 0) is 35.4 Å². The van der Waals surface area contributed by atoms with Gasteiger partial charge in [-0.2, -0.15) is 16.9 Å². The van der Waals surface area contributed by atoms with Crippen LogP contribution in [0.2, 0.25) is 0 Å². The topological polar surface area (TPSA) is 183 Å². The molecule has 0 fully saturated rings. The van der Waals surface area contributed by atoms with E-state index in [0.717, 1.165) is 23.8 Å². The fourth-order valence-electron chi connectivity index (χ4n) is 3.27. The van der Waals surface area contributed by atoms with Crippen LogP contribution in [-0.4, -0.2) is 45.6 Å². The molecular weight excluding hydrogens is 542 g/mol. The molecular formula is C26H23N5O8S. The van der Waals surface area contributed by atoms with E-state index in [2.05, 4.69) is 15.8 Å². The number of nitro groups is 2. The largest absolute Gasteiger partial charge is 0.427 e. The lowest BCUT2D eigenvalue weighted by Gasteiger charge is -2.17. The van der Waals surface area contributed by atoms with Crippen LogP contribution in [0.25, 0.3) is 0 Å². The maximum absolute atomic E-state index is 12.9. The number of nitrogens with one attached hydrogen (secondary N) is 2. The lowest BCUT2D eigenvalue weighted by Crippen LogP contribution is -2.47. The molecule has 2 amide bonds. The smallest absolute Gasteiger partial charge is 0.308 e. The van der Waals surface area contributed by atoms with E-state index in [1.54, 1.807) is 24.3 Å². The van der Waals surface area contributed by atoms with E-state index < -0.39 is 45.0 Å². The van der Waals surface area contributed by atoms with Gasteiger partial charge in [-0.1, -0.05) is 30.3 Å². The van der Waals surface area contributed by atoms with E-state index in [-0.39, 0.29) is 11.3 Å². The Morgan fingerprint density at radius 2 is 1.60 bits per heavy atom. The molecule has 0 radical (unpaired) electrons. The van der Waals surface area contributed by atoms with Crippen LogP contribution in [0.15, 0.2) is 77.9 Å². The molecule has 2 N–H and O–H groups in total. The van der Waals surface area contributed by atoms with Crippen LogP contribution in [-0.2, 0) is 15.3 Å². The summed E-state index contributed by atoms with van der Waals surface area (Å²) in [6.07, 6.45) is 1.34. The van der Waals surface area contributed by atoms with Gasteiger partial charge in [-0.15, -0.1) is 0 Å². The molecule has 0 spiro atoms. The third-order valence-electron chi connectivity index (χ3n) is 5.13. The Kier molecular flexibility index (Phi) is 10.4. The Labute approximate surface area is 231 Å². The average Bonchev–Trinajstić information content (AvgIpc) is 2.93. The minimum atomic E-state index is -1.14. The number of non-ortho nitro benzene ring substituents is 2. The fraction of sp³-hybridized carbons (Fsp3) is 0.154. The molecule has 0 aliphatic carbocycles. The number of hydrogen-bond acceptors (Lipinski definition) is 10. The second-order valence-corrected chi connectivity index (χ2v) is 9.21. The Balaban J connectivity index is 1.74. The Bertz CT molecular complexity index is 1400. The molecule has 1 atom stereocenters. The van der Waals surface area contributed by atoms with E-state index in [4.69, 9.17) is 4.74 Å². The van der Waals surface area contributed by atoms with Crippen molar-refractivity contribution in [2.24, 2.45) is 5.10 Å². The first-order chi connectivity index (χ1) is 19.1. The minimum absolute atomic E-state index is 0.107. The maximum Gasteiger partial charge on any atom is 0.308 e. The molecule has 3 aromatic rings. The molecule has 40 heavy (non-hydrogen) atoms.